The average molecular weight is 382 g/mol. The van der Waals surface area contributed by atoms with Crippen molar-refractivity contribution in [2.24, 2.45) is 0 Å². The van der Waals surface area contributed by atoms with E-state index < -0.39 is 0 Å². The lowest BCUT2D eigenvalue weighted by atomic mass is 10.1. The minimum absolute atomic E-state index is 0.444. The van der Waals surface area contributed by atoms with Crippen LogP contribution in [0.2, 0.25) is 0 Å². The molecule has 3 aromatic rings. The summed E-state index contributed by atoms with van der Waals surface area (Å²) < 4.78 is 8.39. The maximum absolute atomic E-state index is 6.07. The summed E-state index contributed by atoms with van der Waals surface area (Å²) >= 11 is 11.3. The molecule has 4 heteroatoms. The number of benzene rings is 2. The van der Waals surface area contributed by atoms with E-state index in [4.69, 9.17) is 16.3 Å². The Kier molecular flexibility index (Phi) is 4.53. The number of rotatable bonds is 4. The van der Waals surface area contributed by atoms with E-state index in [1.54, 1.807) is 11.3 Å². The largest absolute Gasteiger partial charge is 0.488 e. The summed E-state index contributed by atoms with van der Waals surface area (Å²) in [6.45, 7) is 2.61. The summed E-state index contributed by atoms with van der Waals surface area (Å²) in [5, 5.41) is 3.43. The number of halogens is 2. The van der Waals surface area contributed by atoms with Gasteiger partial charge in [-0.1, -0.05) is 34.1 Å². The predicted molar refractivity (Wildman–Crippen MR) is 94.6 cm³/mol. The van der Waals surface area contributed by atoms with Crippen LogP contribution < -0.4 is 4.74 Å². The van der Waals surface area contributed by atoms with Gasteiger partial charge in [0.15, 0.2) is 0 Å². The van der Waals surface area contributed by atoms with Crippen molar-refractivity contribution >= 4 is 49.0 Å². The number of hydrogen-bond acceptors (Lipinski definition) is 2. The Hall–Kier alpha value is -1.03. The number of fused-ring (bicyclic) bond motifs is 1. The standard InChI is InChI=1S/C17H14BrClOS/c1-11-6-14(18)7-12(8-19)17(11)20-9-13-10-21-16-5-3-2-4-15(13)16/h2-7,10H,8-9H2,1H3. The monoisotopic (exact) mass is 380 g/mol. The van der Waals surface area contributed by atoms with Crippen molar-refractivity contribution in [1.82, 2.24) is 0 Å². The van der Waals surface area contributed by atoms with Gasteiger partial charge in [-0.2, -0.15) is 0 Å². The molecule has 1 aromatic heterocycles. The molecule has 0 unspecified atom stereocenters. The molecule has 0 aliphatic rings. The van der Waals surface area contributed by atoms with Gasteiger partial charge < -0.3 is 4.74 Å². The third-order valence-corrected chi connectivity index (χ3v) is 5.15. The van der Waals surface area contributed by atoms with E-state index in [0.29, 0.717) is 12.5 Å². The Balaban J connectivity index is 1.88. The molecule has 0 saturated heterocycles. The second-order valence-corrected chi connectivity index (χ2v) is 6.98. The molecule has 0 aliphatic heterocycles. The van der Waals surface area contributed by atoms with Crippen molar-refractivity contribution in [3.8, 4) is 5.75 Å². The normalized spacial score (nSPS) is 11.0. The zero-order chi connectivity index (χ0) is 14.8. The number of ether oxygens (including phenoxy) is 1. The highest BCUT2D eigenvalue weighted by molar-refractivity contribution is 9.10. The molecule has 0 N–H and O–H groups in total. The highest BCUT2D eigenvalue weighted by atomic mass is 79.9. The van der Waals surface area contributed by atoms with E-state index in [1.807, 2.05) is 13.0 Å². The van der Waals surface area contributed by atoms with Gasteiger partial charge in [0.1, 0.15) is 12.4 Å². The smallest absolute Gasteiger partial charge is 0.127 e. The molecule has 0 saturated carbocycles. The Morgan fingerprint density at radius 1 is 1.19 bits per heavy atom. The summed E-state index contributed by atoms with van der Waals surface area (Å²) in [5.41, 5.74) is 3.33. The molecule has 0 atom stereocenters. The molecule has 108 valence electrons. The number of thiophene rings is 1. The molecule has 0 amide bonds. The minimum atomic E-state index is 0.444. The van der Waals surface area contributed by atoms with Gasteiger partial charge in [0.05, 0.1) is 5.88 Å². The fourth-order valence-electron chi connectivity index (χ4n) is 2.40. The Labute approximate surface area is 141 Å². The number of aryl methyl sites for hydroxylation is 1. The first-order valence-corrected chi connectivity index (χ1v) is 8.82. The van der Waals surface area contributed by atoms with Crippen LogP contribution in [0.1, 0.15) is 16.7 Å². The van der Waals surface area contributed by atoms with Gasteiger partial charge in [0, 0.05) is 20.3 Å². The van der Waals surface area contributed by atoms with Gasteiger partial charge in [0.2, 0.25) is 0 Å². The molecule has 0 fully saturated rings. The first-order valence-electron chi connectivity index (χ1n) is 6.62. The quantitative estimate of drug-likeness (QED) is 0.482. The summed E-state index contributed by atoms with van der Waals surface area (Å²) in [4.78, 5) is 0. The van der Waals surface area contributed by atoms with E-state index in [-0.39, 0.29) is 0 Å². The summed E-state index contributed by atoms with van der Waals surface area (Å²) in [5.74, 6) is 1.34. The summed E-state index contributed by atoms with van der Waals surface area (Å²) in [7, 11) is 0. The maximum Gasteiger partial charge on any atom is 0.127 e. The molecule has 0 radical (unpaired) electrons. The fourth-order valence-corrected chi connectivity index (χ4v) is 4.17. The first-order chi connectivity index (χ1) is 10.2. The van der Waals surface area contributed by atoms with Crippen LogP contribution in [-0.4, -0.2) is 0 Å². The van der Waals surface area contributed by atoms with E-state index in [2.05, 4.69) is 51.6 Å². The third kappa shape index (κ3) is 3.10. The zero-order valence-corrected chi connectivity index (χ0v) is 14.7. The zero-order valence-electron chi connectivity index (χ0n) is 11.5. The topological polar surface area (TPSA) is 9.23 Å². The second-order valence-electron chi connectivity index (χ2n) is 4.89. The van der Waals surface area contributed by atoms with Crippen molar-refractivity contribution in [3.63, 3.8) is 0 Å². The third-order valence-electron chi connectivity index (χ3n) is 3.39. The minimum Gasteiger partial charge on any atom is -0.488 e. The molecule has 0 bridgehead atoms. The van der Waals surface area contributed by atoms with E-state index in [1.165, 1.54) is 15.6 Å². The Morgan fingerprint density at radius 2 is 2.00 bits per heavy atom. The summed E-state index contributed by atoms with van der Waals surface area (Å²) in [6.07, 6.45) is 0. The van der Waals surface area contributed by atoms with Crippen molar-refractivity contribution in [2.75, 3.05) is 0 Å². The molecule has 2 aromatic carbocycles. The molecule has 21 heavy (non-hydrogen) atoms. The Bertz CT molecular complexity index is 782. The van der Waals surface area contributed by atoms with Crippen LogP contribution in [0.15, 0.2) is 46.3 Å². The van der Waals surface area contributed by atoms with E-state index >= 15 is 0 Å². The van der Waals surface area contributed by atoms with Crippen LogP contribution in [0.5, 0.6) is 5.75 Å². The highest BCUT2D eigenvalue weighted by Crippen LogP contribution is 2.32. The van der Waals surface area contributed by atoms with Crippen molar-refractivity contribution in [1.29, 1.82) is 0 Å². The van der Waals surface area contributed by atoms with Crippen LogP contribution in [0, 0.1) is 6.92 Å². The SMILES string of the molecule is Cc1cc(Br)cc(CCl)c1OCc1csc2ccccc12. The molecular weight excluding hydrogens is 368 g/mol. The van der Waals surface area contributed by atoms with Crippen LogP contribution in [-0.2, 0) is 12.5 Å². The predicted octanol–water partition coefficient (Wildman–Crippen LogP) is 6.29. The van der Waals surface area contributed by atoms with Crippen molar-refractivity contribution in [3.05, 3.63) is 62.9 Å². The van der Waals surface area contributed by atoms with Gasteiger partial charge in [-0.15, -0.1) is 22.9 Å². The first kappa shape index (κ1) is 14.9. The van der Waals surface area contributed by atoms with Crippen LogP contribution in [0.4, 0.5) is 0 Å². The molecule has 1 heterocycles. The molecule has 0 spiro atoms. The molecule has 3 rings (SSSR count). The second kappa shape index (κ2) is 6.39. The van der Waals surface area contributed by atoms with Crippen LogP contribution >= 0.6 is 38.9 Å². The molecular formula is C17H14BrClOS. The van der Waals surface area contributed by atoms with Crippen molar-refractivity contribution < 1.29 is 4.74 Å². The van der Waals surface area contributed by atoms with Gasteiger partial charge in [0.25, 0.3) is 0 Å². The lowest BCUT2D eigenvalue weighted by molar-refractivity contribution is 0.303. The van der Waals surface area contributed by atoms with Gasteiger partial charge in [-0.3, -0.25) is 0 Å². The Morgan fingerprint density at radius 3 is 2.81 bits per heavy atom. The highest BCUT2D eigenvalue weighted by Gasteiger charge is 2.10. The lowest BCUT2D eigenvalue weighted by Gasteiger charge is -2.13. The van der Waals surface area contributed by atoms with E-state index in [9.17, 15) is 0 Å². The lowest BCUT2D eigenvalue weighted by Crippen LogP contribution is -1.99. The molecule has 1 nitrogen and oxygen atoms in total. The fraction of sp³-hybridized carbons (Fsp3) is 0.176. The van der Waals surface area contributed by atoms with Crippen LogP contribution in [0.25, 0.3) is 10.1 Å². The van der Waals surface area contributed by atoms with E-state index in [0.717, 1.165) is 21.3 Å². The average Bonchev–Trinajstić information content (AvgIpc) is 2.89. The van der Waals surface area contributed by atoms with Gasteiger partial charge in [-0.25, -0.2) is 0 Å². The molecule has 0 aliphatic carbocycles. The van der Waals surface area contributed by atoms with Crippen LogP contribution in [0.3, 0.4) is 0 Å². The number of hydrogen-bond donors (Lipinski definition) is 0. The summed E-state index contributed by atoms with van der Waals surface area (Å²) in [6, 6.07) is 12.5. The van der Waals surface area contributed by atoms with Crippen molar-refractivity contribution in [2.45, 2.75) is 19.4 Å². The number of alkyl halides is 1. The maximum atomic E-state index is 6.07. The van der Waals surface area contributed by atoms with Gasteiger partial charge >= 0.3 is 0 Å². The van der Waals surface area contributed by atoms with Gasteiger partial charge in [-0.05, 0) is 41.5 Å².